The Morgan fingerprint density at radius 2 is 1.47 bits per heavy atom. The number of hydrogen-bond donors (Lipinski definition) is 1. The van der Waals surface area contributed by atoms with Crippen molar-refractivity contribution in [3.05, 3.63) is 25.3 Å². The van der Waals surface area contributed by atoms with Crippen molar-refractivity contribution in [1.82, 2.24) is 0 Å². The summed E-state index contributed by atoms with van der Waals surface area (Å²) in [5.74, 6) is 1.78. The van der Waals surface area contributed by atoms with Crippen LogP contribution < -0.4 is 0 Å². The van der Waals surface area contributed by atoms with Gasteiger partial charge < -0.3 is 9.84 Å². The number of carboxylic acid groups (broad SMARTS) is 1. The molecule has 3 aliphatic carbocycles. The van der Waals surface area contributed by atoms with E-state index in [1.807, 2.05) is 0 Å². The molecule has 0 heterocycles. The second kappa shape index (κ2) is 13.8. The van der Waals surface area contributed by atoms with E-state index < -0.39 is 12.1 Å². The third-order valence-corrected chi connectivity index (χ3v) is 8.07. The lowest BCUT2D eigenvalue weighted by Crippen LogP contribution is -2.37. The summed E-state index contributed by atoms with van der Waals surface area (Å²) in [6.07, 6.45) is 16.5. The lowest BCUT2D eigenvalue weighted by atomic mass is 9.64. The van der Waals surface area contributed by atoms with Gasteiger partial charge in [-0.1, -0.05) is 45.8 Å². The molecule has 4 nitrogen and oxygen atoms in total. The zero-order chi connectivity index (χ0) is 23.5. The number of ether oxygens (including phenoxy) is 1. The van der Waals surface area contributed by atoms with Gasteiger partial charge in [0.2, 0.25) is 0 Å². The van der Waals surface area contributed by atoms with E-state index in [0.717, 1.165) is 56.4 Å². The highest BCUT2D eigenvalue weighted by Crippen LogP contribution is 2.47. The Hall–Kier alpha value is -1.65. The number of carbonyl (C=O) groups is 2. The topological polar surface area (TPSA) is 63.6 Å². The fourth-order valence-corrected chi connectivity index (χ4v) is 6.33. The number of esters is 1. The lowest BCUT2D eigenvalue weighted by molar-refractivity contribution is -0.145. The van der Waals surface area contributed by atoms with E-state index in [1.54, 1.807) is 0 Å². The van der Waals surface area contributed by atoms with E-state index in [0.29, 0.717) is 11.8 Å². The molecule has 3 rings (SSSR count). The van der Waals surface area contributed by atoms with Crippen molar-refractivity contribution in [2.24, 2.45) is 29.6 Å². The SMILES string of the molecule is C=CC(=O)O.C=CC(=O)OC1CCC(C2CCC(C3CCC(CCC)CC3)CC2F)CC1. The standard InChI is InChI=1S/C24H39FO2.C3H4O2/c1-3-5-17-6-8-18(9-7-17)20-12-15-22(23(25)16-20)19-10-13-21(14-11-19)27-24(26)4-2;1-2-3(4)5/h4,17-23H,2-3,5-16H2,1H3;2H,1H2,(H,4,5). The van der Waals surface area contributed by atoms with Gasteiger partial charge in [-0.15, -0.1) is 0 Å². The highest BCUT2D eigenvalue weighted by molar-refractivity contribution is 5.81. The zero-order valence-electron chi connectivity index (χ0n) is 19.9. The molecule has 0 aromatic heterocycles. The first-order chi connectivity index (χ1) is 15.4. The highest BCUT2D eigenvalue weighted by atomic mass is 19.1. The van der Waals surface area contributed by atoms with Crippen LogP contribution in [0.3, 0.4) is 0 Å². The third-order valence-electron chi connectivity index (χ3n) is 8.07. The first-order valence-electron chi connectivity index (χ1n) is 12.7. The molecule has 3 saturated carbocycles. The first kappa shape index (κ1) is 26.6. The van der Waals surface area contributed by atoms with E-state index in [2.05, 4.69) is 20.1 Å². The molecule has 0 saturated heterocycles. The molecule has 3 atom stereocenters. The summed E-state index contributed by atoms with van der Waals surface area (Å²) >= 11 is 0. The third kappa shape index (κ3) is 8.37. The van der Waals surface area contributed by atoms with Gasteiger partial charge in [-0.3, -0.25) is 0 Å². The van der Waals surface area contributed by atoms with Crippen molar-refractivity contribution in [3.63, 3.8) is 0 Å². The molecule has 0 radical (unpaired) electrons. The molecule has 0 amide bonds. The van der Waals surface area contributed by atoms with E-state index >= 15 is 4.39 Å². The van der Waals surface area contributed by atoms with Crippen molar-refractivity contribution in [2.45, 2.75) is 103 Å². The first-order valence-corrected chi connectivity index (χ1v) is 12.7. The molecule has 32 heavy (non-hydrogen) atoms. The second-order valence-corrected chi connectivity index (χ2v) is 10.0. The average molecular weight is 451 g/mol. The van der Waals surface area contributed by atoms with Gasteiger partial charge in [-0.05, 0) is 87.4 Å². The predicted molar refractivity (Wildman–Crippen MR) is 126 cm³/mol. The van der Waals surface area contributed by atoms with Gasteiger partial charge >= 0.3 is 11.9 Å². The minimum absolute atomic E-state index is 0.0134. The van der Waals surface area contributed by atoms with Crippen LogP contribution in [0.15, 0.2) is 25.3 Å². The van der Waals surface area contributed by atoms with Gasteiger partial charge in [-0.25, -0.2) is 14.0 Å². The summed E-state index contributed by atoms with van der Waals surface area (Å²) in [4.78, 5) is 20.6. The predicted octanol–water partition coefficient (Wildman–Crippen LogP) is 6.89. The number of alkyl halides is 1. The Morgan fingerprint density at radius 3 is 1.97 bits per heavy atom. The molecule has 0 aromatic carbocycles. The van der Waals surface area contributed by atoms with Crippen LogP contribution in [0.1, 0.15) is 90.4 Å². The second-order valence-electron chi connectivity index (χ2n) is 10.0. The van der Waals surface area contributed by atoms with Crippen LogP contribution >= 0.6 is 0 Å². The van der Waals surface area contributed by atoms with Crippen molar-refractivity contribution in [3.8, 4) is 0 Å². The summed E-state index contributed by atoms with van der Waals surface area (Å²) in [5, 5.41) is 7.60. The Balaban J connectivity index is 0.000000654. The van der Waals surface area contributed by atoms with Crippen molar-refractivity contribution in [1.29, 1.82) is 0 Å². The monoisotopic (exact) mass is 450 g/mol. The number of aliphatic carboxylic acids is 1. The fraction of sp³-hybridized carbons (Fsp3) is 0.778. The molecule has 3 unspecified atom stereocenters. The van der Waals surface area contributed by atoms with Crippen molar-refractivity contribution < 1.29 is 23.8 Å². The molecule has 5 heteroatoms. The molecule has 1 N–H and O–H groups in total. The molecule has 0 aliphatic heterocycles. The largest absolute Gasteiger partial charge is 0.478 e. The van der Waals surface area contributed by atoms with Gasteiger partial charge in [0, 0.05) is 12.2 Å². The van der Waals surface area contributed by atoms with Crippen LogP contribution in [0.4, 0.5) is 4.39 Å². The molecule has 0 bridgehead atoms. The maximum Gasteiger partial charge on any atom is 0.330 e. The quantitative estimate of drug-likeness (QED) is 0.339. The molecule has 3 aliphatic rings. The number of rotatable bonds is 7. The molecule has 182 valence electrons. The maximum atomic E-state index is 15.1. The summed E-state index contributed by atoms with van der Waals surface area (Å²) in [7, 11) is 0. The van der Waals surface area contributed by atoms with Crippen LogP contribution in [-0.2, 0) is 14.3 Å². The number of carbonyl (C=O) groups excluding carboxylic acids is 1. The Labute approximate surface area is 193 Å². The Kier molecular flexibility index (Phi) is 11.5. The van der Waals surface area contributed by atoms with Crippen LogP contribution in [-0.4, -0.2) is 29.3 Å². The normalized spacial score (nSPS) is 35.0. The van der Waals surface area contributed by atoms with Gasteiger partial charge in [-0.2, -0.15) is 0 Å². The molecular weight excluding hydrogens is 407 g/mol. The summed E-state index contributed by atoms with van der Waals surface area (Å²) in [5.41, 5.74) is 0. The van der Waals surface area contributed by atoms with Gasteiger partial charge in [0.1, 0.15) is 12.3 Å². The average Bonchev–Trinajstić information content (AvgIpc) is 2.80. The summed E-state index contributed by atoms with van der Waals surface area (Å²) in [6.45, 7) is 8.71. The summed E-state index contributed by atoms with van der Waals surface area (Å²) < 4.78 is 20.5. The summed E-state index contributed by atoms with van der Waals surface area (Å²) in [6, 6.07) is 0. The Bertz CT molecular complexity index is 603. The van der Waals surface area contributed by atoms with Gasteiger partial charge in [0.25, 0.3) is 0 Å². The molecule has 3 fully saturated rings. The van der Waals surface area contributed by atoms with E-state index in [4.69, 9.17) is 9.84 Å². The van der Waals surface area contributed by atoms with Gasteiger partial charge in [0.15, 0.2) is 0 Å². The van der Waals surface area contributed by atoms with Crippen LogP contribution in [0, 0.1) is 29.6 Å². The van der Waals surface area contributed by atoms with Crippen LogP contribution in [0.25, 0.3) is 0 Å². The number of hydrogen-bond acceptors (Lipinski definition) is 3. The molecule has 0 aromatic rings. The minimum Gasteiger partial charge on any atom is -0.478 e. The Morgan fingerprint density at radius 1 is 0.906 bits per heavy atom. The fourth-order valence-electron chi connectivity index (χ4n) is 6.33. The maximum absolute atomic E-state index is 15.1. The molecule has 0 spiro atoms. The van der Waals surface area contributed by atoms with E-state index in [1.165, 1.54) is 51.0 Å². The van der Waals surface area contributed by atoms with Crippen LogP contribution in [0.5, 0.6) is 0 Å². The number of carboxylic acids is 1. The minimum atomic E-state index is -0.981. The van der Waals surface area contributed by atoms with E-state index in [9.17, 15) is 9.59 Å². The van der Waals surface area contributed by atoms with Crippen molar-refractivity contribution in [2.75, 3.05) is 0 Å². The van der Waals surface area contributed by atoms with Crippen molar-refractivity contribution >= 4 is 11.9 Å². The van der Waals surface area contributed by atoms with Crippen LogP contribution in [0.2, 0.25) is 0 Å². The van der Waals surface area contributed by atoms with E-state index in [-0.39, 0.29) is 18.0 Å². The zero-order valence-corrected chi connectivity index (χ0v) is 19.9. The van der Waals surface area contributed by atoms with Gasteiger partial charge in [0.05, 0.1) is 0 Å². The highest BCUT2D eigenvalue weighted by Gasteiger charge is 2.40. The number of halogens is 1. The lowest BCUT2D eigenvalue weighted by Gasteiger charge is -2.43. The molecular formula is C27H43FO4. The smallest absolute Gasteiger partial charge is 0.330 e.